The van der Waals surface area contributed by atoms with Crippen molar-refractivity contribution in [1.82, 2.24) is 0 Å². The molecule has 0 saturated carbocycles. The fourth-order valence-electron chi connectivity index (χ4n) is 2.32. The van der Waals surface area contributed by atoms with Crippen LogP contribution >= 0.6 is 11.8 Å². The molecule has 28 heavy (non-hydrogen) atoms. The van der Waals surface area contributed by atoms with Crippen molar-refractivity contribution >= 4 is 29.3 Å². The smallest absolute Gasteiger partial charge is 0.335 e. The van der Waals surface area contributed by atoms with Crippen molar-refractivity contribution < 1.29 is 28.9 Å². The summed E-state index contributed by atoms with van der Waals surface area (Å²) >= 11 is 1.51. The number of hydrogen-bond donors (Lipinski definition) is 2. The molecule has 0 heterocycles. The lowest BCUT2D eigenvalue weighted by molar-refractivity contribution is -0.113. The summed E-state index contributed by atoms with van der Waals surface area (Å²) in [5, 5.41) is 11.7. The molecule has 0 aliphatic carbocycles. The molecular formula is C20H23NO6S. The van der Waals surface area contributed by atoms with Crippen molar-refractivity contribution in [3.8, 4) is 17.2 Å². The average molecular weight is 405 g/mol. The highest BCUT2D eigenvalue weighted by molar-refractivity contribution is 7.99. The summed E-state index contributed by atoms with van der Waals surface area (Å²) < 4.78 is 15.9. The van der Waals surface area contributed by atoms with Crippen LogP contribution in [-0.2, 0) is 4.79 Å². The Morgan fingerprint density at radius 2 is 1.75 bits per heavy atom. The molecule has 0 unspecified atom stereocenters. The van der Waals surface area contributed by atoms with E-state index in [1.807, 2.05) is 0 Å². The number of ether oxygens (including phenoxy) is 3. The Kier molecular flexibility index (Phi) is 8.48. The van der Waals surface area contributed by atoms with E-state index in [4.69, 9.17) is 19.3 Å². The van der Waals surface area contributed by atoms with Crippen LogP contribution in [0, 0.1) is 0 Å². The second kappa shape index (κ2) is 11.1. The lowest BCUT2D eigenvalue weighted by Gasteiger charge is -2.10. The molecular weight excluding hydrogens is 382 g/mol. The van der Waals surface area contributed by atoms with E-state index < -0.39 is 5.97 Å². The molecule has 2 aromatic carbocycles. The molecule has 0 fully saturated rings. The standard InChI is InChI=1S/C20H23NO6S/c1-25-17-9-6-15(12-18(17)26-2)21-19(22)13-28-11-3-10-27-16-7-4-14(5-8-16)20(23)24/h4-9,12H,3,10-11,13H2,1-2H3,(H,21,22)(H,23,24). The number of carboxylic acids is 1. The van der Waals surface area contributed by atoms with Gasteiger partial charge in [0.1, 0.15) is 5.75 Å². The van der Waals surface area contributed by atoms with Gasteiger partial charge in [-0.15, -0.1) is 0 Å². The first kappa shape index (κ1) is 21.4. The molecule has 0 radical (unpaired) electrons. The Bertz CT molecular complexity index is 794. The molecule has 0 aliphatic rings. The zero-order valence-corrected chi connectivity index (χ0v) is 16.6. The van der Waals surface area contributed by atoms with E-state index in [2.05, 4.69) is 5.32 Å². The number of rotatable bonds is 11. The van der Waals surface area contributed by atoms with E-state index >= 15 is 0 Å². The summed E-state index contributed by atoms with van der Waals surface area (Å²) in [7, 11) is 3.10. The van der Waals surface area contributed by atoms with Crippen molar-refractivity contribution in [2.45, 2.75) is 6.42 Å². The van der Waals surface area contributed by atoms with Gasteiger partial charge < -0.3 is 24.6 Å². The van der Waals surface area contributed by atoms with Crippen molar-refractivity contribution in [3.05, 3.63) is 48.0 Å². The van der Waals surface area contributed by atoms with Gasteiger partial charge in [0.15, 0.2) is 11.5 Å². The van der Waals surface area contributed by atoms with E-state index in [-0.39, 0.29) is 11.5 Å². The lowest BCUT2D eigenvalue weighted by Crippen LogP contribution is -2.14. The predicted octanol–water partition coefficient (Wildman–Crippen LogP) is 3.54. The summed E-state index contributed by atoms with van der Waals surface area (Å²) in [5.41, 5.74) is 0.875. The summed E-state index contributed by atoms with van der Waals surface area (Å²) in [6, 6.07) is 11.5. The van der Waals surface area contributed by atoms with E-state index in [9.17, 15) is 9.59 Å². The number of methoxy groups -OCH3 is 2. The summed E-state index contributed by atoms with van der Waals surface area (Å²) in [6.45, 7) is 0.497. The Morgan fingerprint density at radius 3 is 2.39 bits per heavy atom. The molecule has 1 amide bonds. The van der Waals surface area contributed by atoms with Gasteiger partial charge in [-0.1, -0.05) is 0 Å². The molecule has 2 rings (SSSR count). The molecule has 0 saturated heterocycles. The fourth-order valence-corrected chi connectivity index (χ4v) is 3.04. The van der Waals surface area contributed by atoms with E-state index in [1.54, 1.807) is 44.6 Å². The summed E-state index contributed by atoms with van der Waals surface area (Å²) in [5.74, 6) is 1.83. The number of benzene rings is 2. The van der Waals surface area contributed by atoms with Crippen molar-refractivity contribution in [2.24, 2.45) is 0 Å². The zero-order chi connectivity index (χ0) is 20.4. The van der Waals surface area contributed by atoms with Crippen LogP contribution in [0.25, 0.3) is 0 Å². The van der Waals surface area contributed by atoms with Gasteiger partial charge in [-0.25, -0.2) is 4.79 Å². The molecule has 2 aromatic rings. The van der Waals surface area contributed by atoms with E-state index in [1.165, 1.54) is 23.9 Å². The van der Waals surface area contributed by atoms with Gasteiger partial charge in [0.2, 0.25) is 5.91 Å². The van der Waals surface area contributed by atoms with E-state index in [0.717, 1.165) is 12.2 Å². The molecule has 0 aromatic heterocycles. The molecule has 8 heteroatoms. The first-order valence-electron chi connectivity index (χ1n) is 8.59. The monoisotopic (exact) mass is 405 g/mol. The van der Waals surface area contributed by atoms with Crippen molar-refractivity contribution in [1.29, 1.82) is 0 Å². The van der Waals surface area contributed by atoms with Crippen LogP contribution in [0.5, 0.6) is 17.2 Å². The largest absolute Gasteiger partial charge is 0.494 e. The lowest BCUT2D eigenvalue weighted by atomic mass is 10.2. The number of carbonyl (C=O) groups is 2. The third-order valence-corrected chi connectivity index (χ3v) is 4.75. The minimum Gasteiger partial charge on any atom is -0.494 e. The Morgan fingerprint density at radius 1 is 1.04 bits per heavy atom. The van der Waals surface area contributed by atoms with Crippen LogP contribution < -0.4 is 19.5 Å². The fraction of sp³-hybridized carbons (Fsp3) is 0.300. The Labute approximate surface area is 168 Å². The molecule has 0 atom stereocenters. The maximum atomic E-state index is 12.0. The SMILES string of the molecule is COc1ccc(NC(=O)CSCCCOc2ccc(C(=O)O)cc2)cc1OC. The van der Waals surface area contributed by atoms with Gasteiger partial charge in [0.05, 0.1) is 32.1 Å². The number of aromatic carboxylic acids is 1. The number of carboxylic acid groups (broad SMARTS) is 1. The second-order valence-electron chi connectivity index (χ2n) is 5.70. The first-order chi connectivity index (χ1) is 13.5. The molecule has 7 nitrogen and oxygen atoms in total. The average Bonchev–Trinajstić information content (AvgIpc) is 2.70. The normalized spacial score (nSPS) is 10.2. The number of nitrogens with one attached hydrogen (secondary N) is 1. The molecule has 0 aliphatic heterocycles. The van der Waals surface area contributed by atoms with E-state index in [0.29, 0.717) is 35.3 Å². The van der Waals surface area contributed by atoms with Crippen LogP contribution in [0.3, 0.4) is 0 Å². The van der Waals surface area contributed by atoms with Gasteiger partial charge in [-0.2, -0.15) is 11.8 Å². The number of anilines is 1. The Hall–Kier alpha value is -2.87. The minimum absolute atomic E-state index is 0.0950. The van der Waals surface area contributed by atoms with Crippen LogP contribution in [0.4, 0.5) is 5.69 Å². The van der Waals surface area contributed by atoms with Crippen LogP contribution in [-0.4, -0.2) is 49.3 Å². The van der Waals surface area contributed by atoms with Gasteiger partial charge in [0, 0.05) is 11.8 Å². The van der Waals surface area contributed by atoms with Gasteiger partial charge >= 0.3 is 5.97 Å². The predicted molar refractivity (Wildman–Crippen MR) is 109 cm³/mol. The van der Waals surface area contributed by atoms with Crippen LogP contribution in [0.1, 0.15) is 16.8 Å². The number of thioether (sulfide) groups is 1. The highest BCUT2D eigenvalue weighted by Gasteiger charge is 2.08. The minimum atomic E-state index is -0.964. The third kappa shape index (κ3) is 6.70. The highest BCUT2D eigenvalue weighted by atomic mass is 32.2. The maximum Gasteiger partial charge on any atom is 0.335 e. The molecule has 0 spiro atoms. The number of amides is 1. The number of carbonyl (C=O) groups excluding carboxylic acids is 1. The highest BCUT2D eigenvalue weighted by Crippen LogP contribution is 2.29. The van der Waals surface area contributed by atoms with Gasteiger partial charge in [-0.3, -0.25) is 4.79 Å². The second-order valence-corrected chi connectivity index (χ2v) is 6.81. The quantitative estimate of drug-likeness (QED) is 0.552. The Balaban J connectivity index is 1.64. The third-order valence-electron chi connectivity index (χ3n) is 3.70. The van der Waals surface area contributed by atoms with Crippen LogP contribution in [0.2, 0.25) is 0 Å². The van der Waals surface area contributed by atoms with Gasteiger partial charge in [0.25, 0.3) is 0 Å². The molecule has 2 N–H and O–H groups in total. The maximum absolute atomic E-state index is 12.0. The zero-order valence-electron chi connectivity index (χ0n) is 15.8. The number of hydrogen-bond acceptors (Lipinski definition) is 6. The van der Waals surface area contributed by atoms with Crippen molar-refractivity contribution in [2.75, 3.05) is 37.6 Å². The summed E-state index contributed by atoms with van der Waals surface area (Å²) in [4.78, 5) is 22.8. The topological polar surface area (TPSA) is 94.1 Å². The first-order valence-corrected chi connectivity index (χ1v) is 9.74. The van der Waals surface area contributed by atoms with Crippen LogP contribution in [0.15, 0.2) is 42.5 Å². The molecule has 0 bridgehead atoms. The van der Waals surface area contributed by atoms with Crippen molar-refractivity contribution in [3.63, 3.8) is 0 Å². The summed E-state index contributed by atoms with van der Waals surface area (Å²) in [6.07, 6.45) is 0.773. The molecule has 150 valence electrons. The van der Waals surface area contributed by atoms with Gasteiger partial charge in [-0.05, 0) is 48.6 Å².